The quantitative estimate of drug-likeness (QED) is 0.761. The molecular formula is C15H24Cl2N2. The van der Waals surface area contributed by atoms with Crippen LogP contribution in [0.1, 0.15) is 39.2 Å². The van der Waals surface area contributed by atoms with Gasteiger partial charge >= 0.3 is 0 Å². The van der Waals surface area contributed by atoms with Crippen LogP contribution in [-0.4, -0.2) is 18.1 Å². The molecule has 0 radical (unpaired) electrons. The monoisotopic (exact) mass is 302 g/mol. The van der Waals surface area contributed by atoms with Gasteiger partial charge in [-0.15, -0.1) is 24.8 Å². The average Bonchev–Trinajstić information content (AvgIpc) is 2.66. The zero-order valence-corrected chi connectivity index (χ0v) is 13.6. The summed E-state index contributed by atoms with van der Waals surface area (Å²) >= 11 is 0. The summed E-state index contributed by atoms with van der Waals surface area (Å²) in [5.74, 6) is 0.558. The minimum absolute atomic E-state index is 0. The SMILES string of the molecule is CC1(C)CNC(C)(C)C2c3ccccc3NC21.Cl.Cl. The molecule has 3 rings (SSSR count). The average molecular weight is 303 g/mol. The van der Waals surface area contributed by atoms with Crippen LogP contribution in [0.15, 0.2) is 24.3 Å². The van der Waals surface area contributed by atoms with E-state index in [1.54, 1.807) is 0 Å². The molecule has 1 saturated heterocycles. The molecule has 2 aliphatic rings. The summed E-state index contributed by atoms with van der Waals surface area (Å²) in [7, 11) is 0. The molecule has 0 amide bonds. The topological polar surface area (TPSA) is 24.1 Å². The highest BCUT2D eigenvalue weighted by atomic mass is 35.5. The predicted octanol–water partition coefficient (Wildman–Crippen LogP) is 3.82. The van der Waals surface area contributed by atoms with Crippen LogP contribution in [0, 0.1) is 5.41 Å². The zero-order chi connectivity index (χ0) is 12.3. The van der Waals surface area contributed by atoms with Gasteiger partial charge in [0.25, 0.3) is 0 Å². The summed E-state index contributed by atoms with van der Waals surface area (Å²) in [6, 6.07) is 9.30. The van der Waals surface area contributed by atoms with E-state index >= 15 is 0 Å². The first-order valence-corrected chi connectivity index (χ1v) is 6.52. The van der Waals surface area contributed by atoms with Crippen LogP contribution in [0.3, 0.4) is 0 Å². The molecule has 4 heteroatoms. The highest BCUT2D eigenvalue weighted by Gasteiger charge is 2.51. The second-order valence-electron chi connectivity index (χ2n) is 6.75. The van der Waals surface area contributed by atoms with Gasteiger partial charge in [0.15, 0.2) is 0 Å². The first kappa shape index (κ1) is 16.6. The van der Waals surface area contributed by atoms with Crippen molar-refractivity contribution in [1.29, 1.82) is 0 Å². The third kappa shape index (κ3) is 2.46. The largest absolute Gasteiger partial charge is 0.381 e. The van der Waals surface area contributed by atoms with Gasteiger partial charge in [-0.2, -0.15) is 0 Å². The van der Waals surface area contributed by atoms with E-state index in [4.69, 9.17) is 0 Å². The Balaban J connectivity index is 0.000000902. The Labute approximate surface area is 128 Å². The van der Waals surface area contributed by atoms with Crippen molar-refractivity contribution in [3.63, 3.8) is 0 Å². The lowest BCUT2D eigenvalue weighted by atomic mass is 9.66. The predicted molar refractivity (Wildman–Crippen MR) is 87.0 cm³/mol. The van der Waals surface area contributed by atoms with Gasteiger partial charge in [-0.25, -0.2) is 0 Å². The molecule has 19 heavy (non-hydrogen) atoms. The van der Waals surface area contributed by atoms with Crippen molar-refractivity contribution >= 4 is 30.5 Å². The van der Waals surface area contributed by atoms with Gasteiger partial charge in [0, 0.05) is 29.7 Å². The van der Waals surface area contributed by atoms with Gasteiger partial charge in [-0.1, -0.05) is 32.0 Å². The molecule has 2 unspecified atom stereocenters. The molecule has 2 atom stereocenters. The Kier molecular flexibility index (Phi) is 4.51. The molecule has 0 saturated carbocycles. The summed E-state index contributed by atoms with van der Waals surface area (Å²) in [6.07, 6.45) is 0. The second kappa shape index (κ2) is 5.16. The van der Waals surface area contributed by atoms with Crippen LogP contribution in [0.5, 0.6) is 0 Å². The molecule has 1 aromatic carbocycles. The van der Waals surface area contributed by atoms with Crippen LogP contribution in [0.4, 0.5) is 5.69 Å². The number of fused-ring (bicyclic) bond motifs is 3. The van der Waals surface area contributed by atoms with Crippen molar-refractivity contribution in [2.75, 3.05) is 11.9 Å². The summed E-state index contributed by atoms with van der Waals surface area (Å²) in [4.78, 5) is 0. The minimum atomic E-state index is 0. The maximum absolute atomic E-state index is 3.74. The molecular weight excluding hydrogens is 279 g/mol. The Morgan fingerprint density at radius 1 is 1.05 bits per heavy atom. The number of halogens is 2. The lowest BCUT2D eigenvalue weighted by Gasteiger charge is -2.50. The first-order valence-electron chi connectivity index (χ1n) is 6.52. The Morgan fingerprint density at radius 2 is 1.68 bits per heavy atom. The lowest BCUT2D eigenvalue weighted by molar-refractivity contribution is 0.132. The molecule has 1 fully saturated rings. The summed E-state index contributed by atoms with van der Waals surface area (Å²) in [5.41, 5.74) is 3.26. The second-order valence-corrected chi connectivity index (χ2v) is 6.75. The molecule has 1 aromatic rings. The van der Waals surface area contributed by atoms with Gasteiger partial charge in [0.05, 0.1) is 0 Å². The van der Waals surface area contributed by atoms with Crippen LogP contribution < -0.4 is 10.6 Å². The molecule has 2 heterocycles. The van der Waals surface area contributed by atoms with Crippen molar-refractivity contribution in [3.05, 3.63) is 29.8 Å². The van der Waals surface area contributed by atoms with E-state index in [0.717, 1.165) is 6.54 Å². The number of para-hydroxylation sites is 1. The zero-order valence-electron chi connectivity index (χ0n) is 12.0. The van der Waals surface area contributed by atoms with Gasteiger partial charge in [0.2, 0.25) is 0 Å². The molecule has 0 aromatic heterocycles. The van der Waals surface area contributed by atoms with E-state index in [2.05, 4.69) is 62.6 Å². The van der Waals surface area contributed by atoms with Crippen LogP contribution in [0.25, 0.3) is 0 Å². The van der Waals surface area contributed by atoms with E-state index in [-0.39, 0.29) is 30.4 Å². The van der Waals surface area contributed by atoms with Crippen LogP contribution in [0.2, 0.25) is 0 Å². The van der Waals surface area contributed by atoms with E-state index in [1.165, 1.54) is 11.3 Å². The highest BCUT2D eigenvalue weighted by molar-refractivity contribution is 5.85. The van der Waals surface area contributed by atoms with Gasteiger partial charge in [0.1, 0.15) is 0 Å². The third-order valence-corrected chi connectivity index (χ3v) is 4.56. The number of hydrogen-bond donors (Lipinski definition) is 2. The van der Waals surface area contributed by atoms with Crippen molar-refractivity contribution in [3.8, 4) is 0 Å². The first-order chi connectivity index (χ1) is 7.92. The molecule has 0 bridgehead atoms. The number of benzene rings is 1. The maximum atomic E-state index is 3.74. The summed E-state index contributed by atoms with van der Waals surface area (Å²) in [6.45, 7) is 10.4. The fraction of sp³-hybridized carbons (Fsp3) is 0.600. The summed E-state index contributed by atoms with van der Waals surface area (Å²) in [5, 5.41) is 7.46. The van der Waals surface area contributed by atoms with Crippen molar-refractivity contribution < 1.29 is 0 Å². The Morgan fingerprint density at radius 3 is 2.37 bits per heavy atom. The number of piperidine rings is 1. The van der Waals surface area contributed by atoms with Gasteiger partial charge < -0.3 is 10.6 Å². The smallest absolute Gasteiger partial charge is 0.0411 e. The van der Waals surface area contributed by atoms with E-state index < -0.39 is 0 Å². The van der Waals surface area contributed by atoms with E-state index in [1.807, 2.05) is 0 Å². The van der Waals surface area contributed by atoms with Gasteiger partial charge in [-0.3, -0.25) is 0 Å². The molecule has 0 spiro atoms. The maximum Gasteiger partial charge on any atom is 0.0411 e. The highest BCUT2D eigenvalue weighted by Crippen LogP contribution is 2.50. The fourth-order valence-corrected chi connectivity index (χ4v) is 3.46. The lowest BCUT2D eigenvalue weighted by Crippen LogP contribution is -2.61. The van der Waals surface area contributed by atoms with E-state index in [9.17, 15) is 0 Å². The van der Waals surface area contributed by atoms with E-state index in [0.29, 0.717) is 17.4 Å². The normalized spacial score (nSPS) is 29.1. The molecule has 108 valence electrons. The molecule has 2 N–H and O–H groups in total. The van der Waals surface area contributed by atoms with Crippen molar-refractivity contribution in [2.24, 2.45) is 5.41 Å². The molecule has 2 aliphatic heterocycles. The van der Waals surface area contributed by atoms with Gasteiger partial charge in [-0.05, 0) is 30.9 Å². The molecule has 2 nitrogen and oxygen atoms in total. The number of rotatable bonds is 0. The van der Waals surface area contributed by atoms with Crippen molar-refractivity contribution in [1.82, 2.24) is 5.32 Å². The third-order valence-electron chi connectivity index (χ3n) is 4.56. The Hall–Kier alpha value is -0.440. The summed E-state index contributed by atoms with van der Waals surface area (Å²) < 4.78 is 0. The van der Waals surface area contributed by atoms with Crippen molar-refractivity contribution in [2.45, 2.75) is 45.2 Å². The minimum Gasteiger partial charge on any atom is -0.381 e. The fourth-order valence-electron chi connectivity index (χ4n) is 3.46. The number of anilines is 1. The van der Waals surface area contributed by atoms with Crippen LogP contribution in [-0.2, 0) is 0 Å². The standard InChI is InChI=1S/C15H22N2.2ClH/c1-14(2)9-16-15(3,4)12-10-7-5-6-8-11(10)17-13(12)14;;/h5-8,12-13,16-17H,9H2,1-4H3;2*1H. The number of nitrogens with one attached hydrogen (secondary N) is 2. The molecule has 0 aliphatic carbocycles. The Bertz CT molecular complexity index is 457. The van der Waals surface area contributed by atoms with Crippen LogP contribution >= 0.6 is 24.8 Å². The number of hydrogen-bond acceptors (Lipinski definition) is 2.